The number of hydrogen-bond donors (Lipinski definition) is 1. The van der Waals surface area contributed by atoms with Crippen molar-refractivity contribution >= 4 is 17.7 Å². The van der Waals surface area contributed by atoms with Gasteiger partial charge in [-0.05, 0) is 56.4 Å². The van der Waals surface area contributed by atoms with Gasteiger partial charge in [-0.1, -0.05) is 0 Å². The Bertz CT molecular complexity index is 833. The molecule has 0 bridgehead atoms. The predicted molar refractivity (Wildman–Crippen MR) is 108 cm³/mol. The number of amides is 3. The molecular formula is C22H29N3O4. The smallest absolute Gasteiger partial charge is 0.254 e. The summed E-state index contributed by atoms with van der Waals surface area (Å²) in [4.78, 5) is 42.6. The van der Waals surface area contributed by atoms with Crippen molar-refractivity contribution in [3.05, 3.63) is 29.3 Å². The van der Waals surface area contributed by atoms with Crippen LogP contribution in [0.15, 0.2) is 18.2 Å². The molecule has 2 atom stereocenters. The third-order valence-electron chi connectivity index (χ3n) is 6.73. The predicted octanol–water partition coefficient (Wildman–Crippen LogP) is 1.74. The van der Waals surface area contributed by atoms with E-state index in [0.717, 1.165) is 31.5 Å². The van der Waals surface area contributed by atoms with Crippen molar-refractivity contribution in [3.63, 3.8) is 0 Å². The minimum atomic E-state index is -0.716. The summed E-state index contributed by atoms with van der Waals surface area (Å²) in [5, 5.41) is 3.05. The van der Waals surface area contributed by atoms with Gasteiger partial charge < -0.3 is 19.9 Å². The second-order valence-corrected chi connectivity index (χ2v) is 8.47. The van der Waals surface area contributed by atoms with Crippen molar-refractivity contribution in [1.29, 1.82) is 0 Å². The molecule has 0 aliphatic carbocycles. The van der Waals surface area contributed by atoms with Gasteiger partial charge in [-0.3, -0.25) is 14.4 Å². The molecule has 4 rings (SSSR count). The van der Waals surface area contributed by atoms with Crippen molar-refractivity contribution in [1.82, 2.24) is 15.1 Å². The van der Waals surface area contributed by atoms with Crippen molar-refractivity contribution in [3.8, 4) is 5.75 Å². The summed E-state index contributed by atoms with van der Waals surface area (Å²) in [5.74, 6) is 0.761. The maximum absolute atomic E-state index is 13.5. The summed E-state index contributed by atoms with van der Waals surface area (Å²) in [6.07, 6.45) is 3.48. The van der Waals surface area contributed by atoms with E-state index in [9.17, 15) is 14.4 Å². The molecule has 29 heavy (non-hydrogen) atoms. The maximum Gasteiger partial charge on any atom is 0.254 e. The van der Waals surface area contributed by atoms with E-state index in [4.69, 9.17) is 4.74 Å². The van der Waals surface area contributed by atoms with Gasteiger partial charge in [-0.25, -0.2) is 0 Å². The number of likely N-dealkylation sites (tertiary alicyclic amines) is 2. The minimum Gasteiger partial charge on any atom is -0.497 e. The highest BCUT2D eigenvalue weighted by Gasteiger charge is 2.54. The molecule has 0 unspecified atom stereocenters. The molecule has 1 aromatic carbocycles. The molecule has 156 valence electrons. The summed E-state index contributed by atoms with van der Waals surface area (Å²) in [6.45, 7) is 4.33. The number of ether oxygens (including phenoxy) is 1. The van der Waals surface area contributed by atoms with Crippen LogP contribution in [0.2, 0.25) is 0 Å². The van der Waals surface area contributed by atoms with E-state index in [-0.39, 0.29) is 23.8 Å². The van der Waals surface area contributed by atoms with Crippen LogP contribution in [0.5, 0.6) is 5.75 Å². The molecule has 7 nitrogen and oxygen atoms in total. The molecule has 3 aliphatic heterocycles. The highest BCUT2D eigenvalue weighted by molar-refractivity contribution is 5.97. The Hall–Kier alpha value is -2.57. The Morgan fingerprint density at radius 2 is 1.93 bits per heavy atom. The van der Waals surface area contributed by atoms with E-state index in [1.165, 1.54) is 0 Å². The van der Waals surface area contributed by atoms with Crippen LogP contribution in [0.3, 0.4) is 0 Å². The van der Waals surface area contributed by atoms with Crippen molar-refractivity contribution < 1.29 is 19.1 Å². The number of carbonyl (C=O) groups is 3. The molecule has 3 heterocycles. The number of rotatable bonds is 3. The fourth-order valence-corrected chi connectivity index (χ4v) is 5.06. The number of aryl methyl sites for hydroxylation is 1. The monoisotopic (exact) mass is 399 g/mol. The molecule has 0 spiro atoms. The highest BCUT2D eigenvalue weighted by Crippen LogP contribution is 2.41. The molecule has 7 heteroatoms. The van der Waals surface area contributed by atoms with Gasteiger partial charge in [0.05, 0.1) is 12.5 Å². The van der Waals surface area contributed by atoms with Crippen LogP contribution < -0.4 is 10.1 Å². The summed E-state index contributed by atoms with van der Waals surface area (Å²) in [7, 11) is 1.60. The molecule has 3 aliphatic rings. The van der Waals surface area contributed by atoms with Crippen LogP contribution >= 0.6 is 0 Å². The first-order chi connectivity index (χ1) is 13.9. The Morgan fingerprint density at radius 1 is 1.17 bits per heavy atom. The number of nitrogens with zero attached hydrogens (tertiary/aromatic N) is 2. The quantitative estimate of drug-likeness (QED) is 0.840. The summed E-state index contributed by atoms with van der Waals surface area (Å²) in [5.41, 5.74) is 0.771. The third kappa shape index (κ3) is 3.47. The van der Waals surface area contributed by atoms with Crippen LogP contribution in [0.25, 0.3) is 0 Å². The van der Waals surface area contributed by atoms with E-state index < -0.39 is 5.41 Å². The second kappa shape index (κ2) is 7.69. The molecule has 3 saturated heterocycles. The van der Waals surface area contributed by atoms with Gasteiger partial charge in [0.2, 0.25) is 11.8 Å². The number of nitrogens with one attached hydrogen (secondary N) is 1. The first kappa shape index (κ1) is 19.7. The van der Waals surface area contributed by atoms with Crippen molar-refractivity contribution in [2.45, 2.75) is 45.1 Å². The second-order valence-electron chi connectivity index (χ2n) is 8.47. The van der Waals surface area contributed by atoms with E-state index >= 15 is 0 Å². The van der Waals surface area contributed by atoms with Gasteiger partial charge in [-0.2, -0.15) is 0 Å². The van der Waals surface area contributed by atoms with Gasteiger partial charge in [0.25, 0.3) is 5.91 Å². The minimum absolute atomic E-state index is 0.00521. The summed E-state index contributed by atoms with van der Waals surface area (Å²) in [6, 6.07) is 5.24. The van der Waals surface area contributed by atoms with Crippen molar-refractivity contribution in [2.24, 2.45) is 5.41 Å². The summed E-state index contributed by atoms with van der Waals surface area (Å²) < 4.78 is 5.25. The first-order valence-corrected chi connectivity index (χ1v) is 10.5. The average Bonchev–Trinajstić information content (AvgIpc) is 3.27. The Labute approximate surface area is 171 Å². The van der Waals surface area contributed by atoms with E-state index in [0.29, 0.717) is 43.7 Å². The zero-order valence-electron chi connectivity index (χ0n) is 17.2. The number of hydrogen-bond acceptors (Lipinski definition) is 4. The third-order valence-corrected chi connectivity index (χ3v) is 6.73. The Morgan fingerprint density at radius 3 is 2.62 bits per heavy atom. The van der Waals surface area contributed by atoms with E-state index in [2.05, 4.69) is 5.32 Å². The lowest BCUT2D eigenvalue weighted by Gasteiger charge is -2.50. The van der Waals surface area contributed by atoms with Gasteiger partial charge in [0.1, 0.15) is 5.75 Å². The van der Waals surface area contributed by atoms with Crippen LogP contribution in [-0.4, -0.2) is 66.9 Å². The van der Waals surface area contributed by atoms with Crippen LogP contribution in [-0.2, 0) is 9.59 Å². The number of carbonyl (C=O) groups excluding carboxylic acids is 3. The lowest BCUT2D eigenvalue weighted by molar-refractivity contribution is -0.151. The van der Waals surface area contributed by atoms with Crippen LogP contribution in [0.1, 0.15) is 48.0 Å². The molecule has 1 N–H and O–H groups in total. The number of fused-ring (bicyclic) bond motifs is 1. The van der Waals surface area contributed by atoms with Gasteiger partial charge in [0, 0.05) is 44.2 Å². The van der Waals surface area contributed by atoms with Gasteiger partial charge in [0.15, 0.2) is 0 Å². The normalized spacial score (nSPS) is 26.7. The Balaban J connectivity index is 1.61. The van der Waals surface area contributed by atoms with E-state index in [1.54, 1.807) is 24.1 Å². The molecule has 3 amide bonds. The largest absolute Gasteiger partial charge is 0.497 e. The number of piperidine rings is 2. The maximum atomic E-state index is 13.5. The number of benzene rings is 1. The first-order valence-electron chi connectivity index (χ1n) is 10.5. The lowest BCUT2D eigenvalue weighted by atomic mass is 9.68. The molecular weight excluding hydrogens is 370 g/mol. The topological polar surface area (TPSA) is 79.0 Å². The fraction of sp³-hybridized carbons (Fsp3) is 0.591. The molecule has 0 radical (unpaired) electrons. The van der Waals surface area contributed by atoms with Gasteiger partial charge in [-0.15, -0.1) is 0 Å². The molecule has 0 saturated carbocycles. The SMILES string of the molecule is COc1ccc(C(=O)N2CC[C@H]3NC(=O)CC[C@]3(C(=O)N3CCCC3)C2)c(C)c1. The zero-order chi connectivity index (χ0) is 20.6. The van der Waals surface area contributed by atoms with Gasteiger partial charge >= 0.3 is 0 Å². The molecule has 1 aromatic rings. The lowest BCUT2D eigenvalue weighted by Crippen LogP contribution is -2.67. The standard InChI is InChI=1S/C22H29N3O4/c1-15-13-16(29-2)5-6-17(15)20(27)25-12-8-18-22(14-25,9-7-19(26)23-18)21(28)24-10-3-4-11-24/h5-6,13,18H,3-4,7-12,14H2,1-2H3,(H,23,26)/t18-,22+/m1/s1. The van der Waals surface area contributed by atoms with Crippen molar-refractivity contribution in [2.75, 3.05) is 33.3 Å². The zero-order valence-corrected chi connectivity index (χ0v) is 17.2. The van der Waals surface area contributed by atoms with Crippen LogP contribution in [0, 0.1) is 12.3 Å². The van der Waals surface area contributed by atoms with Crippen LogP contribution in [0.4, 0.5) is 0 Å². The van der Waals surface area contributed by atoms with E-state index in [1.807, 2.05) is 17.9 Å². The Kier molecular flexibility index (Phi) is 5.23. The molecule has 3 fully saturated rings. The number of methoxy groups -OCH3 is 1. The molecule has 0 aromatic heterocycles. The highest BCUT2D eigenvalue weighted by atomic mass is 16.5. The fourth-order valence-electron chi connectivity index (χ4n) is 5.06. The average molecular weight is 399 g/mol. The summed E-state index contributed by atoms with van der Waals surface area (Å²) >= 11 is 0.